The van der Waals surface area contributed by atoms with Gasteiger partial charge in [0.15, 0.2) is 0 Å². The largest absolute Gasteiger partial charge is 0.395 e. The van der Waals surface area contributed by atoms with Gasteiger partial charge in [0.2, 0.25) is 0 Å². The minimum absolute atomic E-state index is 0.0373. The molecule has 1 rings (SSSR count). The zero-order valence-corrected chi connectivity index (χ0v) is 12.2. The third-order valence-corrected chi connectivity index (χ3v) is 3.19. The molecule has 108 valence electrons. The molecule has 0 aliphatic rings. The Morgan fingerprint density at radius 3 is 3.00 bits per heavy atom. The summed E-state index contributed by atoms with van der Waals surface area (Å²) in [6.45, 7) is 0.518. The summed E-state index contributed by atoms with van der Waals surface area (Å²) in [7, 11) is 0. The Hall–Kier alpha value is -1.51. The summed E-state index contributed by atoms with van der Waals surface area (Å²) in [5.41, 5.74) is 0.710. The van der Waals surface area contributed by atoms with Gasteiger partial charge in [-0.2, -0.15) is 11.8 Å². The predicted molar refractivity (Wildman–Crippen MR) is 80.3 cm³/mol. The average molecular weight is 295 g/mol. The van der Waals surface area contributed by atoms with Crippen LogP contribution >= 0.6 is 11.8 Å². The minimum atomic E-state index is -0.466. The molecule has 0 aromatic heterocycles. The van der Waals surface area contributed by atoms with Gasteiger partial charge in [0.25, 0.3) is 5.91 Å². The highest BCUT2D eigenvalue weighted by molar-refractivity contribution is 7.98. The van der Waals surface area contributed by atoms with Crippen molar-refractivity contribution in [1.82, 2.24) is 5.32 Å². The molecule has 5 heteroatoms. The standard InChI is InChI=1S/C15H18FNO2S/c1-20-10-4-8-17-15(19)14-11-13(16)7-6-12(14)5-2-3-9-18/h6-7,11,18H,3-4,8-10H2,1H3,(H,17,19). The van der Waals surface area contributed by atoms with E-state index in [0.29, 0.717) is 18.5 Å². The van der Waals surface area contributed by atoms with Crippen LogP contribution in [0.3, 0.4) is 0 Å². The van der Waals surface area contributed by atoms with Gasteiger partial charge in [-0.05, 0) is 36.6 Å². The number of rotatable bonds is 6. The predicted octanol–water partition coefficient (Wildman–Crippen LogP) is 2.04. The number of hydrogen-bond donors (Lipinski definition) is 2. The molecule has 0 aliphatic carbocycles. The fourth-order valence-electron chi connectivity index (χ4n) is 1.54. The Bertz CT molecular complexity index is 508. The number of aliphatic hydroxyl groups is 1. The molecule has 0 atom stereocenters. The molecule has 1 amide bonds. The van der Waals surface area contributed by atoms with Crippen molar-refractivity contribution in [1.29, 1.82) is 0 Å². The first kappa shape index (κ1) is 16.5. The van der Waals surface area contributed by atoms with Crippen molar-refractivity contribution < 1.29 is 14.3 Å². The maximum Gasteiger partial charge on any atom is 0.252 e. The number of amides is 1. The number of carbonyl (C=O) groups excluding carboxylic acids is 1. The van der Waals surface area contributed by atoms with Crippen LogP contribution in [-0.2, 0) is 0 Å². The Labute approximate surface area is 123 Å². The zero-order chi connectivity index (χ0) is 14.8. The Kier molecular flexibility index (Phi) is 7.78. The molecule has 0 saturated heterocycles. The molecule has 2 N–H and O–H groups in total. The summed E-state index contributed by atoms with van der Waals surface area (Å²) >= 11 is 1.71. The van der Waals surface area contributed by atoms with Gasteiger partial charge in [0, 0.05) is 18.5 Å². The molecule has 1 aromatic carbocycles. The summed E-state index contributed by atoms with van der Waals surface area (Å²) in [5, 5.41) is 11.4. The van der Waals surface area contributed by atoms with E-state index >= 15 is 0 Å². The number of thioether (sulfide) groups is 1. The van der Waals surface area contributed by atoms with E-state index in [1.807, 2.05) is 6.26 Å². The average Bonchev–Trinajstić information content (AvgIpc) is 2.45. The topological polar surface area (TPSA) is 49.3 Å². The molecule has 0 spiro atoms. The van der Waals surface area contributed by atoms with Crippen molar-refractivity contribution in [3.63, 3.8) is 0 Å². The number of carbonyl (C=O) groups is 1. The summed E-state index contributed by atoms with van der Waals surface area (Å²) in [5.74, 6) is 5.70. The summed E-state index contributed by atoms with van der Waals surface area (Å²) in [4.78, 5) is 12.0. The first-order valence-electron chi connectivity index (χ1n) is 6.35. The fraction of sp³-hybridized carbons (Fsp3) is 0.400. The summed E-state index contributed by atoms with van der Waals surface area (Å²) < 4.78 is 13.3. The lowest BCUT2D eigenvalue weighted by molar-refractivity contribution is 0.0953. The molecular formula is C15H18FNO2S. The quantitative estimate of drug-likeness (QED) is 0.624. The van der Waals surface area contributed by atoms with Crippen LogP contribution in [0.5, 0.6) is 0 Å². The molecule has 3 nitrogen and oxygen atoms in total. The van der Waals surface area contributed by atoms with E-state index in [0.717, 1.165) is 12.2 Å². The van der Waals surface area contributed by atoms with E-state index in [1.165, 1.54) is 18.2 Å². The van der Waals surface area contributed by atoms with Crippen LogP contribution in [0.15, 0.2) is 18.2 Å². The number of hydrogen-bond acceptors (Lipinski definition) is 3. The van der Waals surface area contributed by atoms with E-state index in [-0.39, 0.29) is 18.1 Å². The maximum absolute atomic E-state index is 13.3. The minimum Gasteiger partial charge on any atom is -0.395 e. The number of halogens is 1. The highest BCUT2D eigenvalue weighted by Gasteiger charge is 2.10. The van der Waals surface area contributed by atoms with Crippen LogP contribution in [0.1, 0.15) is 28.8 Å². The van der Waals surface area contributed by atoms with Crippen LogP contribution < -0.4 is 5.32 Å². The lowest BCUT2D eigenvalue weighted by atomic mass is 10.1. The third kappa shape index (κ3) is 5.64. The van der Waals surface area contributed by atoms with Crippen molar-refractivity contribution >= 4 is 17.7 Å². The van der Waals surface area contributed by atoms with Gasteiger partial charge in [-0.25, -0.2) is 4.39 Å². The second-order valence-corrected chi connectivity index (χ2v) is 5.05. The highest BCUT2D eigenvalue weighted by atomic mass is 32.2. The van der Waals surface area contributed by atoms with Crippen molar-refractivity contribution in [3.8, 4) is 11.8 Å². The van der Waals surface area contributed by atoms with Crippen molar-refractivity contribution in [2.45, 2.75) is 12.8 Å². The Morgan fingerprint density at radius 1 is 1.50 bits per heavy atom. The lowest BCUT2D eigenvalue weighted by Gasteiger charge is -2.07. The molecule has 0 fully saturated rings. The van der Waals surface area contributed by atoms with Gasteiger partial charge >= 0.3 is 0 Å². The molecule has 0 heterocycles. The summed E-state index contributed by atoms with van der Waals surface area (Å²) in [6.07, 6.45) is 3.20. The van der Waals surface area contributed by atoms with Gasteiger partial charge < -0.3 is 10.4 Å². The second kappa shape index (κ2) is 9.40. The SMILES string of the molecule is CSCCCNC(=O)c1cc(F)ccc1C#CCCO. The monoisotopic (exact) mass is 295 g/mol. The highest BCUT2D eigenvalue weighted by Crippen LogP contribution is 2.10. The Morgan fingerprint density at radius 2 is 2.30 bits per heavy atom. The first-order chi connectivity index (χ1) is 9.69. The van der Waals surface area contributed by atoms with Crippen molar-refractivity contribution in [2.24, 2.45) is 0 Å². The van der Waals surface area contributed by atoms with Gasteiger partial charge in [0.1, 0.15) is 5.82 Å². The zero-order valence-electron chi connectivity index (χ0n) is 11.4. The molecular weight excluding hydrogens is 277 g/mol. The lowest BCUT2D eigenvalue weighted by Crippen LogP contribution is -2.25. The Balaban J connectivity index is 2.78. The van der Waals surface area contributed by atoms with E-state index in [9.17, 15) is 9.18 Å². The molecule has 0 aliphatic heterocycles. The molecule has 0 saturated carbocycles. The van der Waals surface area contributed by atoms with E-state index in [1.54, 1.807) is 11.8 Å². The smallest absolute Gasteiger partial charge is 0.252 e. The third-order valence-electron chi connectivity index (χ3n) is 2.50. The van der Waals surface area contributed by atoms with Crippen LogP contribution in [0.4, 0.5) is 4.39 Å². The number of aliphatic hydroxyl groups excluding tert-OH is 1. The molecule has 20 heavy (non-hydrogen) atoms. The van der Waals surface area contributed by atoms with E-state index < -0.39 is 5.82 Å². The molecule has 0 radical (unpaired) electrons. The van der Waals surface area contributed by atoms with Crippen LogP contribution in [0, 0.1) is 17.7 Å². The van der Waals surface area contributed by atoms with Crippen LogP contribution in [0.25, 0.3) is 0 Å². The maximum atomic E-state index is 13.3. The number of benzene rings is 1. The fourth-order valence-corrected chi connectivity index (χ4v) is 1.97. The summed E-state index contributed by atoms with van der Waals surface area (Å²) in [6, 6.07) is 3.94. The van der Waals surface area contributed by atoms with Crippen LogP contribution in [0.2, 0.25) is 0 Å². The van der Waals surface area contributed by atoms with Gasteiger partial charge in [-0.15, -0.1) is 0 Å². The van der Waals surface area contributed by atoms with Gasteiger partial charge in [-0.1, -0.05) is 11.8 Å². The van der Waals surface area contributed by atoms with Crippen LogP contribution in [-0.4, -0.2) is 36.2 Å². The van der Waals surface area contributed by atoms with Gasteiger partial charge in [0.05, 0.1) is 12.2 Å². The van der Waals surface area contributed by atoms with Crippen molar-refractivity contribution in [3.05, 3.63) is 35.1 Å². The number of nitrogens with one attached hydrogen (secondary N) is 1. The van der Waals surface area contributed by atoms with Crippen molar-refractivity contribution in [2.75, 3.05) is 25.2 Å². The molecule has 0 unspecified atom stereocenters. The van der Waals surface area contributed by atoms with Gasteiger partial charge in [-0.3, -0.25) is 4.79 Å². The van der Waals surface area contributed by atoms with E-state index in [4.69, 9.17) is 5.11 Å². The molecule has 1 aromatic rings. The van der Waals surface area contributed by atoms with E-state index in [2.05, 4.69) is 17.2 Å². The molecule has 0 bridgehead atoms. The first-order valence-corrected chi connectivity index (χ1v) is 7.75. The second-order valence-electron chi connectivity index (χ2n) is 4.07. The normalized spacial score (nSPS) is 9.75.